The summed E-state index contributed by atoms with van der Waals surface area (Å²) in [5.74, 6) is 2.00. The van der Waals surface area contributed by atoms with Crippen molar-refractivity contribution in [3.63, 3.8) is 0 Å². The Kier molecular flexibility index (Phi) is 3.72. The largest absolute Gasteiger partial charge is 0.460 e. The van der Waals surface area contributed by atoms with Gasteiger partial charge < -0.3 is 4.42 Å². The minimum Gasteiger partial charge on any atom is -0.460 e. The Morgan fingerprint density at radius 1 is 1.33 bits per heavy atom. The summed E-state index contributed by atoms with van der Waals surface area (Å²) in [6, 6.07) is 11.1. The quantitative estimate of drug-likeness (QED) is 0.585. The van der Waals surface area contributed by atoms with E-state index in [0.29, 0.717) is 21.4 Å². The van der Waals surface area contributed by atoms with Gasteiger partial charge in [-0.3, -0.25) is 0 Å². The van der Waals surface area contributed by atoms with Crippen molar-refractivity contribution < 1.29 is 4.42 Å². The first-order valence-corrected chi connectivity index (χ1v) is 6.97. The molecule has 1 aromatic carbocycles. The topological polar surface area (TPSA) is 59.1 Å². The van der Waals surface area contributed by atoms with Crippen molar-refractivity contribution >= 4 is 30.0 Å². The lowest BCUT2D eigenvalue weighted by atomic mass is 10.2. The highest BCUT2D eigenvalue weighted by molar-refractivity contribution is 7.71. The summed E-state index contributed by atoms with van der Waals surface area (Å²) in [7, 11) is 0. The lowest BCUT2D eigenvalue weighted by molar-refractivity contribution is 0.527. The van der Waals surface area contributed by atoms with Crippen LogP contribution in [0.15, 0.2) is 45.9 Å². The summed E-state index contributed by atoms with van der Waals surface area (Å²) in [6.45, 7) is 1.87. The lowest BCUT2D eigenvalue weighted by Crippen LogP contribution is -1.95. The molecule has 0 radical (unpaired) electrons. The number of hydrogen-bond donors (Lipinski definition) is 1. The van der Waals surface area contributed by atoms with Crippen LogP contribution in [-0.2, 0) is 0 Å². The van der Waals surface area contributed by atoms with Crippen molar-refractivity contribution in [3.8, 4) is 11.4 Å². The van der Waals surface area contributed by atoms with Crippen LogP contribution in [0.25, 0.3) is 11.4 Å². The van der Waals surface area contributed by atoms with Gasteiger partial charge >= 0.3 is 0 Å². The zero-order chi connectivity index (χ0) is 14.8. The molecule has 2 heterocycles. The van der Waals surface area contributed by atoms with Crippen LogP contribution in [0, 0.1) is 11.7 Å². The molecule has 0 saturated heterocycles. The van der Waals surface area contributed by atoms with Gasteiger partial charge in [0.05, 0.1) is 11.2 Å². The Morgan fingerprint density at radius 3 is 2.86 bits per heavy atom. The molecule has 2 aromatic heterocycles. The average molecular weight is 319 g/mol. The number of H-pyrrole nitrogens is 1. The smallest absolute Gasteiger partial charge is 0.216 e. The van der Waals surface area contributed by atoms with Gasteiger partial charge in [-0.05, 0) is 43.4 Å². The fourth-order valence-corrected chi connectivity index (χ4v) is 2.25. The van der Waals surface area contributed by atoms with E-state index in [4.69, 9.17) is 28.2 Å². The molecule has 21 heavy (non-hydrogen) atoms. The number of aryl methyl sites for hydroxylation is 1. The summed E-state index contributed by atoms with van der Waals surface area (Å²) >= 11 is 11.4. The fourth-order valence-electron chi connectivity index (χ4n) is 1.85. The first-order valence-electron chi connectivity index (χ1n) is 6.18. The molecule has 0 amide bonds. The summed E-state index contributed by atoms with van der Waals surface area (Å²) in [5.41, 5.74) is 0.749. The number of aromatic amines is 1. The lowest BCUT2D eigenvalue weighted by Gasteiger charge is -2.02. The minimum atomic E-state index is 0.379. The Morgan fingerprint density at radius 2 is 2.14 bits per heavy atom. The standard InChI is InChI=1S/C14H11ClN4OS/c1-9-6-7-10(20-9)8-16-19-13(17-18-14(19)21)11-4-2-3-5-12(11)15/h2-8H,1H3,(H,18,21)/b16-8+. The number of furan rings is 1. The van der Waals surface area contributed by atoms with Gasteiger partial charge in [-0.25, -0.2) is 5.10 Å². The van der Waals surface area contributed by atoms with Gasteiger partial charge in [-0.2, -0.15) is 14.9 Å². The summed E-state index contributed by atoms with van der Waals surface area (Å²) in [4.78, 5) is 0. The highest BCUT2D eigenvalue weighted by atomic mass is 35.5. The van der Waals surface area contributed by atoms with Gasteiger partial charge in [0.2, 0.25) is 4.77 Å². The monoisotopic (exact) mass is 318 g/mol. The maximum atomic E-state index is 6.19. The molecule has 106 valence electrons. The van der Waals surface area contributed by atoms with E-state index in [2.05, 4.69) is 15.3 Å². The molecule has 0 saturated carbocycles. The molecule has 0 unspecified atom stereocenters. The van der Waals surface area contributed by atoms with Gasteiger partial charge in [-0.1, -0.05) is 23.7 Å². The van der Waals surface area contributed by atoms with Crippen molar-refractivity contribution in [2.24, 2.45) is 5.10 Å². The Hall–Kier alpha value is -2.18. The number of nitrogens with zero attached hydrogens (tertiary/aromatic N) is 3. The molecular weight excluding hydrogens is 308 g/mol. The van der Waals surface area contributed by atoms with Crippen LogP contribution in [0.3, 0.4) is 0 Å². The van der Waals surface area contributed by atoms with E-state index in [1.165, 1.54) is 4.68 Å². The maximum absolute atomic E-state index is 6.19. The minimum absolute atomic E-state index is 0.379. The van der Waals surface area contributed by atoms with E-state index in [-0.39, 0.29) is 0 Å². The molecule has 0 spiro atoms. The third-order valence-electron chi connectivity index (χ3n) is 2.83. The second kappa shape index (κ2) is 5.67. The average Bonchev–Trinajstić information content (AvgIpc) is 3.04. The van der Waals surface area contributed by atoms with Crippen molar-refractivity contribution in [2.75, 3.05) is 0 Å². The van der Waals surface area contributed by atoms with Gasteiger partial charge in [0, 0.05) is 5.56 Å². The van der Waals surface area contributed by atoms with Crippen molar-refractivity contribution in [3.05, 3.63) is 57.7 Å². The van der Waals surface area contributed by atoms with Crippen LogP contribution in [0.2, 0.25) is 5.02 Å². The summed E-state index contributed by atoms with van der Waals surface area (Å²) in [6.07, 6.45) is 1.58. The molecule has 0 aliphatic carbocycles. The number of aromatic nitrogens is 3. The third-order valence-corrected chi connectivity index (χ3v) is 3.42. The van der Waals surface area contributed by atoms with Gasteiger partial charge in [-0.15, -0.1) is 0 Å². The molecule has 0 atom stereocenters. The number of rotatable bonds is 3. The zero-order valence-corrected chi connectivity index (χ0v) is 12.6. The van der Waals surface area contributed by atoms with Crippen LogP contribution >= 0.6 is 23.8 Å². The highest BCUT2D eigenvalue weighted by Crippen LogP contribution is 2.25. The van der Waals surface area contributed by atoms with Crippen LogP contribution in [0.1, 0.15) is 11.5 Å². The molecule has 3 aromatic rings. The molecule has 1 N–H and O–H groups in total. The number of nitrogens with one attached hydrogen (secondary N) is 1. The van der Waals surface area contributed by atoms with E-state index in [1.807, 2.05) is 37.3 Å². The molecule has 0 aliphatic rings. The first-order chi connectivity index (χ1) is 10.1. The Bertz CT molecular complexity index is 862. The molecular formula is C14H11ClN4OS. The normalized spacial score (nSPS) is 11.3. The van der Waals surface area contributed by atoms with Gasteiger partial charge in [0.1, 0.15) is 11.5 Å². The second-order valence-corrected chi connectivity index (χ2v) is 5.13. The fraction of sp³-hybridized carbons (Fsp3) is 0.0714. The maximum Gasteiger partial charge on any atom is 0.216 e. The Balaban J connectivity index is 2.04. The van der Waals surface area contributed by atoms with E-state index in [9.17, 15) is 0 Å². The van der Waals surface area contributed by atoms with Crippen LogP contribution in [0.4, 0.5) is 0 Å². The SMILES string of the molecule is Cc1ccc(/C=N/n2c(-c3ccccc3Cl)n[nH]c2=S)o1. The predicted molar refractivity (Wildman–Crippen MR) is 84.3 cm³/mol. The van der Waals surface area contributed by atoms with E-state index >= 15 is 0 Å². The zero-order valence-electron chi connectivity index (χ0n) is 11.1. The molecule has 0 aliphatic heterocycles. The number of halogens is 1. The van der Waals surface area contributed by atoms with Crippen LogP contribution in [-0.4, -0.2) is 21.1 Å². The summed E-state index contributed by atoms with van der Waals surface area (Å²) in [5, 5.41) is 11.8. The van der Waals surface area contributed by atoms with Crippen molar-refractivity contribution in [2.45, 2.75) is 6.92 Å². The van der Waals surface area contributed by atoms with Crippen LogP contribution < -0.4 is 0 Å². The predicted octanol–water partition coefficient (Wildman–Crippen LogP) is 4.04. The van der Waals surface area contributed by atoms with Gasteiger partial charge in [0.15, 0.2) is 5.82 Å². The second-order valence-electron chi connectivity index (χ2n) is 4.34. The van der Waals surface area contributed by atoms with E-state index in [1.54, 1.807) is 12.3 Å². The summed E-state index contributed by atoms with van der Waals surface area (Å²) < 4.78 is 7.33. The molecule has 0 bridgehead atoms. The Labute approximate surface area is 130 Å². The molecule has 3 rings (SSSR count). The van der Waals surface area contributed by atoms with Crippen molar-refractivity contribution in [1.82, 2.24) is 14.9 Å². The molecule has 7 heteroatoms. The van der Waals surface area contributed by atoms with Crippen LogP contribution in [0.5, 0.6) is 0 Å². The molecule has 5 nitrogen and oxygen atoms in total. The van der Waals surface area contributed by atoms with E-state index in [0.717, 1.165) is 11.3 Å². The molecule has 0 fully saturated rings. The number of benzene rings is 1. The van der Waals surface area contributed by atoms with Crippen molar-refractivity contribution in [1.29, 1.82) is 0 Å². The number of hydrogen-bond acceptors (Lipinski definition) is 4. The van der Waals surface area contributed by atoms with E-state index < -0.39 is 0 Å². The first kappa shape index (κ1) is 13.8. The highest BCUT2D eigenvalue weighted by Gasteiger charge is 2.11. The third kappa shape index (κ3) is 2.81. The van der Waals surface area contributed by atoms with Gasteiger partial charge in [0.25, 0.3) is 0 Å².